The molecule has 0 heterocycles. The second-order valence-electron chi connectivity index (χ2n) is 3.96. The van der Waals surface area contributed by atoms with Gasteiger partial charge in [0.05, 0.1) is 0 Å². The van der Waals surface area contributed by atoms with Crippen molar-refractivity contribution in [2.24, 2.45) is 11.7 Å². The van der Waals surface area contributed by atoms with Crippen LogP contribution in [0.3, 0.4) is 0 Å². The largest absolute Gasteiger partial charge is 0.398 e. The SMILES string of the molecule is N/C(=C\CC1CC1)c1ccc(Cl)cc1F. The van der Waals surface area contributed by atoms with Crippen molar-refractivity contribution in [3.8, 4) is 0 Å². The minimum atomic E-state index is -0.355. The molecule has 0 bridgehead atoms. The maximum absolute atomic E-state index is 13.4. The molecule has 2 rings (SSSR count). The smallest absolute Gasteiger partial charge is 0.133 e. The number of hydrogen-bond acceptors (Lipinski definition) is 1. The molecule has 0 atom stereocenters. The second-order valence-corrected chi connectivity index (χ2v) is 4.40. The Morgan fingerprint density at radius 1 is 1.53 bits per heavy atom. The minimum Gasteiger partial charge on any atom is -0.398 e. The van der Waals surface area contributed by atoms with Crippen LogP contribution in [0, 0.1) is 11.7 Å². The van der Waals surface area contributed by atoms with Gasteiger partial charge < -0.3 is 5.73 Å². The van der Waals surface area contributed by atoms with Gasteiger partial charge in [0.15, 0.2) is 0 Å². The lowest BCUT2D eigenvalue weighted by Crippen LogP contribution is -1.99. The van der Waals surface area contributed by atoms with Gasteiger partial charge in [0.1, 0.15) is 5.82 Å². The summed E-state index contributed by atoms with van der Waals surface area (Å²) in [5, 5.41) is 0.395. The monoisotopic (exact) mass is 225 g/mol. The molecule has 0 unspecified atom stereocenters. The predicted octanol–water partition coefficient (Wildman–Crippen LogP) is 3.58. The average Bonchev–Trinajstić information content (AvgIpc) is 2.97. The van der Waals surface area contributed by atoms with E-state index in [4.69, 9.17) is 17.3 Å². The predicted molar refractivity (Wildman–Crippen MR) is 60.9 cm³/mol. The lowest BCUT2D eigenvalue weighted by Gasteiger charge is -2.03. The third kappa shape index (κ3) is 2.72. The molecule has 0 aliphatic heterocycles. The molecular formula is C12H13ClFN. The molecule has 0 radical (unpaired) electrons. The van der Waals surface area contributed by atoms with E-state index in [2.05, 4.69) is 0 Å². The molecule has 1 aromatic rings. The van der Waals surface area contributed by atoms with E-state index in [9.17, 15) is 4.39 Å². The number of rotatable bonds is 3. The number of nitrogens with two attached hydrogens (primary N) is 1. The van der Waals surface area contributed by atoms with Gasteiger partial charge in [0.2, 0.25) is 0 Å². The Labute approximate surface area is 93.7 Å². The summed E-state index contributed by atoms with van der Waals surface area (Å²) >= 11 is 5.66. The molecule has 1 fully saturated rings. The van der Waals surface area contributed by atoms with Crippen molar-refractivity contribution < 1.29 is 4.39 Å². The van der Waals surface area contributed by atoms with Crippen LogP contribution in [0.25, 0.3) is 5.70 Å². The highest BCUT2D eigenvalue weighted by Crippen LogP contribution is 2.33. The minimum absolute atomic E-state index is 0.355. The number of hydrogen-bond donors (Lipinski definition) is 1. The van der Waals surface area contributed by atoms with Gasteiger partial charge in [0, 0.05) is 16.3 Å². The fourth-order valence-corrected chi connectivity index (χ4v) is 1.64. The van der Waals surface area contributed by atoms with Gasteiger partial charge in [-0.25, -0.2) is 4.39 Å². The molecule has 0 amide bonds. The maximum Gasteiger partial charge on any atom is 0.133 e. The van der Waals surface area contributed by atoms with Gasteiger partial charge in [-0.2, -0.15) is 0 Å². The Morgan fingerprint density at radius 2 is 2.27 bits per heavy atom. The first-order chi connectivity index (χ1) is 7.16. The molecule has 0 saturated heterocycles. The van der Waals surface area contributed by atoms with Gasteiger partial charge in [0.25, 0.3) is 0 Å². The lowest BCUT2D eigenvalue weighted by atomic mass is 10.1. The summed E-state index contributed by atoms with van der Waals surface area (Å²) in [5.74, 6) is 0.408. The zero-order valence-corrected chi connectivity index (χ0v) is 9.10. The van der Waals surface area contributed by atoms with Gasteiger partial charge in [-0.15, -0.1) is 0 Å². The Hall–Kier alpha value is -1.02. The van der Waals surface area contributed by atoms with E-state index in [-0.39, 0.29) is 5.82 Å². The third-order valence-corrected chi connectivity index (χ3v) is 2.85. The third-order valence-electron chi connectivity index (χ3n) is 2.61. The Balaban J connectivity index is 2.16. The first-order valence-corrected chi connectivity index (χ1v) is 5.45. The summed E-state index contributed by atoms with van der Waals surface area (Å²) in [6.07, 6.45) is 5.40. The van der Waals surface area contributed by atoms with Gasteiger partial charge in [-0.05, 0) is 43.4 Å². The molecule has 80 valence electrons. The van der Waals surface area contributed by atoms with Crippen molar-refractivity contribution in [3.05, 3.63) is 40.7 Å². The Morgan fingerprint density at radius 3 is 2.87 bits per heavy atom. The zero-order valence-electron chi connectivity index (χ0n) is 8.34. The van der Waals surface area contributed by atoms with Crippen LogP contribution in [0.15, 0.2) is 24.3 Å². The Kier molecular flexibility index (Phi) is 2.96. The van der Waals surface area contributed by atoms with E-state index in [0.29, 0.717) is 16.3 Å². The van der Waals surface area contributed by atoms with Gasteiger partial charge >= 0.3 is 0 Å². The van der Waals surface area contributed by atoms with Crippen LogP contribution < -0.4 is 5.73 Å². The highest BCUT2D eigenvalue weighted by atomic mass is 35.5. The number of halogens is 2. The summed E-state index contributed by atoms with van der Waals surface area (Å²) in [6, 6.07) is 4.56. The second kappa shape index (κ2) is 4.23. The van der Waals surface area contributed by atoms with Crippen LogP contribution in [-0.4, -0.2) is 0 Å². The van der Waals surface area contributed by atoms with Gasteiger partial charge in [-0.1, -0.05) is 17.7 Å². The summed E-state index contributed by atoms with van der Waals surface area (Å²) in [7, 11) is 0. The summed E-state index contributed by atoms with van der Waals surface area (Å²) < 4.78 is 13.4. The van der Waals surface area contributed by atoms with Crippen LogP contribution >= 0.6 is 11.6 Å². The normalized spacial score (nSPS) is 16.8. The number of benzene rings is 1. The molecule has 1 aliphatic carbocycles. The molecule has 0 spiro atoms. The van der Waals surface area contributed by atoms with Crippen molar-refractivity contribution in [1.82, 2.24) is 0 Å². The zero-order chi connectivity index (χ0) is 10.8. The molecule has 1 aromatic carbocycles. The van der Waals surface area contributed by atoms with E-state index in [1.54, 1.807) is 12.1 Å². The molecule has 1 nitrogen and oxygen atoms in total. The highest BCUT2D eigenvalue weighted by molar-refractivity contribution is 6.30. The fourth-order valence-electron chi connectivity index (χ4n) is 1.48. The van der Waals surface area contributed by atoms with Gasteiger partial charge in [-0.3, -0.25) is 0 Å². The van der Waals surface area contributed by atoms with E-state index in [0.717, 1.165) is 12.3 Å². The van der Waals surface area contributed by atoms with Crippen molar-refractivity contribution in [2.45, 2.75) is 19.3 Å². The van der Waals surface area contributed by atoms with Crippen molar-refractivity contribution >= 4 is 17.3 Å². The first kappa shape index (κ1) is 10.5. The molecule has 2 N–H and O–H groups in total. The molecule has 0 aromatic heterocycles. The van der Waals surface area contributed by atoms with E-state index < -0.39 is 0 Å². The number of allylic oxidation sites excluding steroid dienone is 1. The quantitative estimate of drug-likeness (QED) is 0.836. The lowest BCUT2D eigenvalue weighted by molar-refractivity contribution is 0.623. The van der Waals surface area contributed by atoms with E-state index in [1.165, 1.54) is 18.9 Å². The van der Waals surface area contributed by atoms with E-state index in [1.807, 2.05) is 6.08 Å². The highest BCUT2D eigenvalue weighted by Gasteiger charge is 2.19. The first-order valence-electron chi connectivity index (χ1n) is 5.08. The summed E-state index contributed by atoms with van der Waals surface area (Å²) in [4.78, 5) is 0. The van der Waals surface area contributed by atoms with Crippen LogP contribution in [0.1, 0.15) is 24.8 Å². The molecular weight excluding hydrogens is 213 g/mol. The topological polar surface area (TPSA) is 26.0 Å². The van der Waals surface area contributed by atoms with Crippen molar-refractivity contribution in [3.63, 3.8) is 0 Å². The standard InChI is InChI=1S/C12H13ClFN/c13-9-4-5-10(11(14)7-9)12(15)6-3-8-1-2-8/h4-8H,1-3,15H2/b12-6-. The van der Waals surface area contributed by atoms with Crippen LogP contribution in [0.2, 0.25) is 5.02 Å². The Bertz CT molecular complexity index is 397. The average molecular weight is 226 g/mol. The molecule has 15 heavy (non-hydrogen) atoms. The van der Waals surface area contributed by atoms with Crippen molar-refractivity contribution in [1.29, 1.82) is 0 Å². The molecule has 1 aliphatic rings. The molecule has 1 saturated carbocycles. The van der Waals surface area contributed by atoms with Crippen molar-refractivity contribution in [2.75, 3.05) is 0 Å². The molecule has 3 heteroatoms. The van der Waals surface area contributed by atoms with Crippen LogP contribution in [-0.2, 0) is 0 Å². The van der Waals surface area contributed by atoms with Crippen LogP contribution in [0.4, 0.5) is 4.39 Å². The van der Waals surface area contributed by atoms with E-state index >= 15 is 0 Å². The fraction of sp³-hybridized carbons (Fsp3) is 0.333. The maximum atomic E-state index is 13.4. The summed E-state index contributed by atoms with van der Waals surface area (Å²) in [5.41, 5.74) is 6.75. The van der Waals surface area contributed by atoms with Crippen LogP contribution in [0.5, 0.6) is 0 Å². The summed E-state index contributed by atoms with van der Waals surface area (Å²) in [6.45, 7) is 0.